The number of rotatable bonds is 5. The summed E-state index contributed by atoms with van der Waals surface area (Å²) >= 11 is 0. The number of benzene rings is 2. The van der Waals surface area contributed by atoms with Gasteiger partial charge in [-0.1, -0.05) is 36.4 Å². The number of ether oxygens (including phenoxy) is 1. The maximum Gasteiger partial charge on any atom is 0.127 e. The zero-order valence-corrected chi connectivity index (χ0v) is 12.0. The number of nitrogens with one attached hydrogen (secondary N) is 1. The van der Waals surface area contributed by atoms with Crippen molar-refractivity contribution in [3.05, 3.63) is 66.4 Å². The minimum Gasteiger partial charge on any atom is -0.488 e. The molecule has 3 heteroatoms. The van der Waals surface area contributed by atoms with E-state index < -0.39 is 0 Å². The number of aromatic nitrogens is 1. The quantitative estimate of drug-likeness (QED) is 0.757. The molecule has 0 bridgehead atoms. The van der Waals surface area contributed by atoms with Gasteiger partial charge < -0.3 is 10.1 Å². The number of hydrogen-bond donors (Lipinski definition) is 1. The zero-order chi connectivity index (χ0) is 14.5. The van der Waals surface area contributed by atoms with Gasteiger partial charge in [-0.25, -0.2) is 4.98 Å². The van der Waals surface area contributed by atoms with Crippen molar-refractivity contribution in [2.75, 3.05) is 11.9 Å². The van der Waals surface area contributed by atoms with Crippen LogP contribution in [0.1, 0.15) is 12.5 Å². The summed E-state index contributed by atoms with van der Waals surface area (Å²) in [6.45, 7) is 3.45. The molecular weight excluding hydrogens is 260 g/mol. The molecule has 1 aromatic heterocycles. The SMILES string of the molecule is CCNc1cc(COc2cccc3ccccc23)ccn1. The highest BCUT2D eigenvalue weighted by Crippen LogP contribution is 2.26. The van der Waals surface area contributed by atoms with Gasteiger partial charge in [0.25, 0.3) is 0 Å². The molecule has 1 N–H and O–H groups in total. The molecule has 3 nitrogen and oxygen atoms in total. The minimum absolute atomic E-state index is 0.537. The summed E-state index contributed by atoms with van der Waals surface area (Å²) in [5.41, 5.74) is 1.11. The molecule has 0 fully saturated rings. The normalized spacial score (nSPS) is 10.5. The number of pyridine rings is 1. The van der Waals surface area contributed by atoms with E-state index in [1.807, 2.05) is 36.4 Å². The van der Waals surface area contributed by atoms with Crippen LogP contribution in [-0.4, -0.2) is 11.5 Å². The third-order valence-corrected chi connectivity index (χ3v) is 3.33. The van der Waals surface area contributed by atoms with Crippen LogP contribution in [0.2, 0.25) is 0 Å². The van der Waals surface area contributed by atoms with Gasteiger partial charge in [-0.3, -0.25) is 0 Å². The van der Waals surface area contributed by atoms with Gasteiger partial charge in [0, 0.05) is 18.1 Å². The largest absolute Gasteiger partial charge is 0.488 e. The summed E-state index contributed by atoms with van der Waals surface area (Å²) in [7, 11) is 0. The van der Waals surface area contributed by atoms with Crippen molar-refractivity contribution in [2.45, 2.75) is 13.5 Å². The topological polar surface area (TPSA) is 34.1 Å². The van der Waals surface area contributed by atoms with E-state index in [4.69, 9.17) is 4.74 Å². The minimum atomic E-state index is 0.537. The van der Waals surface area contributed by atoms with Gasteiger partial charge in [0.05, 0.1) is 0 Å². The lowest BCUT2D eigenvalue weighted by Gasteiger charge is -2.10. The highest BCUT2D eigenvalue weighted by atomic mass is 16.5. The lowest BCUT2D eigenvalue weighted by molar-refractivity contribution is 0.310. The van der Waals surface area contributed by atoms with Crippen LogP contribution in [0.25, 0.3) is 10.8 Å². The molecular formula is C18H18N2O. The number of anilines is 1. The molecule has 21 heavy (non-hydrogen) atoms. The molecule has 0 amide bonds. The van der Waals surface area contributed by atoms with Crippen LogP contribution >= 0.6 is 0 Å². The average molecular weight is 278 g/mol. The van der Waals surface area contributed by atoms with Crippen molar-refractivity contribution in [1.82, 2.24) is 4.98 Å². The highest BCUT2D eigenvalue weighted by molar-refractivity contribution is 5.88. The first kappa shape index (κ1) is 13.4. The highest BCUT2D eigenvalue weighted by Gasteiger charge is 2.02. The number of nitrogens with zero attached hydrogens (tertiary/aromatic N) is 1. The molecule has 0 saturated heterocycles. The Kier molecular flexibility index (Phi) is 4.01. The van der Waals surface area contributed by atoms with Crippen molar-refractivity contribution in [1.29, 1.82) is 0 Å². The number of hydrogen-bond acceptors (Lipinski definition) is 3. The fraction of sp³-hybridized carbons (Fsp3) is 0.167. The first-order chi connectivity index (χ1) is 10.4. The summed E-state index contributed by atoms with van der Waals surface area (Å²) in [6, 6.07) is 18.4. The maximum atomic E-state index is 5.98. The molecule has 0 aliphatic carbocycles. The lowest BCUT2D eigenvalue weighted by atomic mass is 10.1. The van der Waals surface area contributed by atoms with E-state index in [1.54, 1.807) is 6.20 Å². The lowest BCUT2D eigenvalue weighted by Crippen LogP contribution is -2.01. The Morgan fingerprint density at radius 2 is 1.90 bits per heavy atom. The standard InChI is InChI=1S/C18H18N2O/c1-2-19-18-12-14(10-11-20-18)13-21-17-9-5-7-15-6-3-4-8-16(15)17/h3-12H,2,13H2,1H3,(H,19,20). The summed E-state index contributed by atoms with van der Waals surface area (Å²) in [5.74, 6) is 1.80. The van der Waals surface area contributed by atoms with Crippen molar-refractivity contribution in [2.24, 2.45) is 0 Å². The summed E-state index contributed by atoms with van der Waals surface area (Å²) < 4.78 is 5.98. The molecule has 0 aliphatic heterocycles. The van der Waals surface area contributed by atoms with Gasteiger partial charge in [-0.15, -0.1) is 0 Å². The van der Waals surface area contributed by atoms with Crippen LogP contribution in [0.3, 0.4) is 0 Å². The third kappa shape index (κ3) is 3.14. The molecule has 0 spiro atoms. The second-order valence-corrected chi connectivity index (χ2v) is 4.85. The molecule has 1 heterocycles. The number of fused-ring (bicyclic) bond motifs is 1. The van der Waals surface area contributed by atoms with Gasteiger partial charge in [-0.2, -0.15) is 0 Å². The first-order valence-electron chi connectivity index (χ1n) is 7.16. The van der Waals surface area contributed by atoms with E-state index >= 15 is 0 Å². The molecule has 0 aliphatic rings. The Balaban J connectivity index is 1.79. The van der Waals surface area contributed by atoms with Crippen molar-refractivity contribution >= 4 is 16.6 Å². The fourth-order valence-corrected chi connectivity index (χ4v) is 2.32. The van der Waals surface area contributed by atoms with Gasteiger partial charge in [0.15, 0.2) is 0 Å². The van der Waals surface area contributed by atoms with E-state index in [2.05, 4.69) is 35.4 Å². The average Bonchev–Trinajstić information content (AvgIpc) is 2.53. The van der Waals surface area contributed by atoms with Crippen molar-refractivity contribution in [3.63, 3.8) is 0 Å². The Morgan fingerprint density at radius 1 is 1.05 bits per heavy atom. The molecule has 2 aromatic carbocycles. The van der Waals surface area contributed by atoms with Crippen LogP contribution in [0, 0.1) is 0 Å². The van der Waals surface area contributed by atoms with E-state index in [-0.39, 0.29) is 0 Å². The van der Waals surface area contributed by atoms with Crippen LogP contribution < -0.4 is 10.1 Å². The molecule has 0 radical (unpaired) electrons. The van der Waals surface area contributed by atoms with Gasteiger partial charge >= 0.3 is 0 Å². The Hall–Kier alpha value is -2.55. The molecule has 106 valence electrons. The maximum absolute atomic E-state index is 5.98. The third-order valence-electron chi connectivity index (χ3n) is 3.33. The Labute approximate surface area is 124 Å². The van der Waals surface area contributed by atoms with Crippen LogP contribution in [0.15, 0.2) is 60.8 Å². The fourth-order valence-electron chi connectivity index (χ4n) is 2.32. The second kappa shape index (κ2) is 6.27. The van der Waals surface area contributed by atoms with Crippen LogP contribution in [0.5, 0.6) is 5.75 Å². The Bertz CT molecular complexity index is 735. The molecule has 0 unspecified atom stereocenters. The van der Waals surface area contributed by atoms with Gasteiger partial charge in [0.2, 0.25) is 0 Å². The van der Waals surface area contributed by atoms with E-state index in [0.29, 0.717) is 6.61 Å². The summed E-state index contributed by atoms with van der Waals surface area (Å²) in [5, 5.41) is 5.54. The summed E-state index contributed by atoms with van der Waals surface area (Å²) in [6.07, 6.45) is 1.81. The summed E-state index contributed by atoms with van der Waals surface area (Å²) in [4.78, 5) is 4.27. The molecule has 3 aromatic rings. The predicted molar refractivity (Wildman–Crippen MR) is 86.7 cm³/mol. The van der Waals surface area contributed by atoms with E-state index in [9.17, 15) is 0 Å². The van der Waals surface area contributed by atoms with E-state index in [0.717, 1.165) is 29.1 Å². The Morgan fingerprint density at radius 3 is 2.81 bits per heavy atom. The van der Waals surface area contributed by atoms with Gasteiger partial charge in [-0.05, 0) is 36.1 Å². The molecule has 0 atom stereocenters. The molecule has 0 saturated carbocycles. The second-order valence-electron chi connectivity index (χ2n) is 4.85. The van der Waals surface area contributed by atoms with Crippen LogP contribution in [-0.2, 0) is 6.61 Å². The first-order valence-corrected chi connectivity index (χ1v) is 7.16. The molecule has 3 rings (SSSR count). The van der Waals surface area contributed by atoms with E-state index in [1.165, 1.54) is 5.39 Å². The van der Waals surface area contributed by atoms with Crippen molar-refractivity contribution in [3.8, 4) is 5.75 Å². The van der Waals surface area contributed by atoms with Crippen molar-refractivity contribution < 1.29 is 4.74 Å². The van der Waals surface area contributed by atoms with Gasteiger partial charge in [0.1, 0.15) is 18.2 Å². The predicted octanol–water partition coefficient (Wildman–Crippen LogP) is 4.25. The monoisotopic (exact) mass is 278 g/mol. The smallest absolute Gasteiger partial charge is 0.127 e. The van der Waals surface area contributed by atoms with Crippen LogP contribution in [0.4, 0.5) is 5.82 Å². The zero-order valence-electron chi connectivity index (χ0n) is 12.0.